The van der Waals surface area contributed by atoms with E-state index >= 15 is 0 Å². The highest BCUT2D eigenvalue weighted by molar-refractivity contribution is 5.37. The van der Waals surface area contributed by atoms with E-state index in [4.69, 9.17) is 5.73 Å². The lowest BCUT2D eigenvalue weighted by Gasteiger charge is -2.24. The van der Waals surface area contributed by atoms with E-state index in [2.05, 4.69) is 47.7 Å². The highest BCUT2D eigenvalue weighted by Gasteiger charge is 2.28. The third-order valence-electron chi connectivity index (χ3n) is 4.34. The summed E-state index contributed by atoms with van der Waals surface area (Å²) in [7, 11) is 2.05. The standard InChI is InChI=1S/C17H21N3/c1-19-16(10-12-8-9-20-17(18)11-12)15-7-6-13-4-2-3-5-14(13)15/h2-5,8-9,11,15-16,19H,6-7,10H2,1H3,(H2,18,20). The Kier molecular flexibility index (Phi) is 3.70. The monoisotopic (exact) mass is 267 g/mol. The summed E-state index contributed by atoms with van der Waals surface area (Å²) in [6, 6.07) is 13.3. The maximum absolute atomic E-state index is 5.77. The highest BCUT2D eigenvalue weighted by Crippen LogP contribution is 2.36. The van der Waals surface area contributed by atoms with Crippen LogP contribution in [0, 0.1) is 0 Å². The molecule has 2 aromatic rings. The normalized spacial score (nSPS) is 18.8. The minimum atomic E-state index is 0.445. The number of nitrogens with zero attached hydrogens (tertiary/aromatic N) is 1. The van der Waals surface area contributed by atoms with Crippen molar-refractivity contribution >= 4 is 5.82 Å². The molecule has 0 saturated carbocycles. The number of pyridine rings is 1. The Morgan fingerprint density at radius 1 is 1.35 bits per heavy atom. The van der Waals surface area contributed by atoms with Gasteiger partial charge in [-0.15, -0.1) is 0 Å². The Morgan fingerprint density at radius 3 is 3.00 bits per heavy atom. The second-order valence-corrected chi connectivity index (χ2v) is 5.53. The van der Waals surface area contributed by atoms with Gasteiger partial charge in [0.05, 0.1) is 0 Å². The van der Waals surface area contributed by atoms with Crippen LogP contribution in [0.1, 0.15) is 29.0 Å². The molecule has 20 heavy (non-hydrogen) atoms. The average Bonchev–Trinajstić information content (AvgIpc) is 2.89. The molecule has 104 valence electrons. The molecule has 0 fully saturated rings. The first-order valence-corrected chi connectivity index (χ1v) is 7.23. The zero-order chi connectivity index (χ0) is 13.9. The molecule has 1 aliphatic rings. The second kappa shape index (κ2) is 5.63. The lowest BCUT2D eigenvalue weighted by Crippen LogP contribution is -2.33. The van der Waals surface area contributed by atoms with Crippen LogP contribution in [-0.4, -0.2) is 18.1 Å². The molecule has 1 aromatic carbocycles. The fraction of sp³-hybridized carbons (Fsp3) is 0.353. The van der Waals surface area contributed by atoms with E-state index in [1.54, 1.807) is 6.20 Å². The van der Waals surface area contributed by atoms with E-state index in [1.807, 2.05) is 6.07 Å². The van der Waals surface area contributed by atoms with Crippen LogP contribution < -0.4 is 11.1 Å². The van der Waals surface area contributed by atoms with Gasteiger partial charge < -0.3 is 11.1 Å². The summed E-state index contributed by atoms with van der Waals surface area (Å²) < 4.78 is 0. The van der Waals surface area contributed by atoms with Crippen molar-refractivity contribution < 1.29 is 0 Å². The van der Waals surface area contributed by atoms with Crippen LogP contribution in [0.15, 0.2) is 42.6 Å². The van der Waals surface area contributed by atoms with Gasteiger partial charge in [0.15, 0.2) is 0 Å². The Balaban J connectivity index is 1.81. The number of rotatable bonds is 4. The molecule has 3 nitrogen and oxygen atoms in total. The van der Waals surface area contributed by atoms with Gasteiger partial charge in [-0.05, 0) is 55.1 Å². The predicted molar refractivity (Wildman–Crippen MR) is 82.7 cm³/mol. The van der Waals surface area contributed by atoms with Gasteiger partial charge in [-0.3, -0.25) is 0 Å². The summed E-state index contributed by atoms with van der Waals surface area (Å²) in [6.45, 7) is 0. The van der Waals surface area contributed by atoms with Gasteiger partial charge >= 0.3 is 0 Å². The van der Waals surface area contributed by atoms with Crippen molar-refractivity contribution in [2.75, 3.05) is 12.8 Å². The maximum Gasteiger partial charge on any atom is 0.123 e. The summed E-state index contributed by atoms with van der Waals surface area (Å²) in [5.74, 6) is 1.19. The fourth-order valence-corrected chi connectivity index (χ4v) is 3.33. The summed E-state index contributed by atoms with van der Waals surface area (Å²) in [6.07, 6.45) is 5.20. The first kappa shape index (κ1) is 13.1. The Morgan fingerprint density at radius 2 is 2.20 bits per heavy atom. The maximum atomic E-state index is 5.77. The van der Waals surface area contributed by atoms with Gasteiger partial charge in [-0.2, -0.15) is 0 Å². The second-order valence-electron chi connectivity index (χ2n) is 5.53. The Hall–Kier alpha value is -1.87. The van der Waals surface area contributed by atoms with Gasteiger partial charge in [-0.25, -0.2) is 4.98 Å². The quantitative estimate of drug-likeness (QED) is 0.895. The summed E-state index contributed by atoms with van der Waals surface area (Å²) in [4.78, 5) is 4.06. The van der Waals surface area contributed by atoms with E-state index in [0.717, 1.165) is 6.42 Å². The van der Waals surface area contributed by atoms with E-state index in [0.29, 0.717) is 17.8 Å². The van der Waals surface area contributed by atoms with E-state index in [9.17, 15) is 0 Å². The van der Waals surface area contributed by atoms with Gasteiger partial charge in [0.1, 0.15) is 5.82 Å². The molecule has 0 aliphatic heterocycles. The van der Waals surface area contributed by atoms with Crippen molar-refractivity contribution in [3.8, 4) is 0 Å². The number of aromatic nitrogens is 1. The molecule has 1 aliphatic carbocycles. The number of anilines is 1. The number of nitrogen functional groups attached to an aromatic ring is 1. The van der Waals surface area contributed by atoms with Gasteiger partial charge in [0, 0.05) is 18.2 Å². The number of fused-ring (bicyclic) bond motifs is 1. The van der Waals surface area contributed by atoms with Crippen LogP contribution in [0.25, 0.3) is 0 Å². The van der Waals surface area contributed by atoms with Gasteiger partial charge in [0.2, 0.25) is 0 Å². The molecule has 0 amide bonds. The molecule has 0 radical (unpaired) electrons. The lowest BCUT2D eigenvalue weighted by atomic mass is 9.89. The number of benzene rings is 1. The zero-order valence-corrected chi connectivity index (χ0v) is 11.8. The van der Waals surface area contributed by atoms with Crippen LogP contribution in [0.2, 0.25) is 0 Å². The van der Waals surface area contributed by atoms with Crippen molar-refractivity contribution in [3.63, 3.8) is 0 Å². The molecule has 2 unspecified atom stereocenters. The van der Waals surface area contributed by atoms with Crippen molar-refractivity contribution in [2.24, 2.45) is 0 Å². The van der Waals surface area contributed by atoms with Crippen LogP contribution in [0.5, 0.6) is 0 Å². The lowest BCUT2D eigenvalue weighted by molar-refractivity contribution is 0.456. The van der Waals surface area contributed by atoms with E-state index < -0.39 is 0 Å². The van der Waals surface area contributed by atoms with Crippen molar-refractivity contribution in [1.82, 2.24) is 10.3 Å². The molecular weight excluding hydrogens is 246 g/mol. The first-order chi connectivity index (χ1) is 9.78. The van der Waals surface area contributed by atoms with Gasteiger partial charge in [-0.1, -0.05) is 24.3 Å². The minimum absolute atomic E-state index is 0.445. The minimum Gasteiger partial charge on any atom is -0.384 e. The van der Waals surface area contributed by atoms with Crippen LogP contribution in [0.4, 0.5) is 5.82 Å². The summed E-state index contributed by atoms with van der Waals surface area (Å²) in [5.41, 5.74) is 10.0. The molecule has 3 heteroatoms. The van der Waals surface area contributed by atoms with E-state index in [1.165, 1.54) is 29.5 Å². The smallest absolute Gasteiger partial charge is 0.123 e. The number of nitrogens with one attached hydrogen (secondary N) is 1. The third kappa shape index (κ3) is 2.54. The molecule has 0 saturated heterocycles. The van der Waals surface area contributed by atoms with Crippen molar-refractivity contribution in [2.45, 2.75) is 31.2 Å². The van der Waals surface area contributed by atoms with E-state index in [-0.39, 0.29) is 0 Å². The van der Waals surface area contributed by atoms with Crippen molar-refractivity contribution in [3.05, 3.63) is 59.3 Å². The highest BCUT2D eigenvalue weighted by atomic mass is 14.9. The molecule has 0 bridgehead atoms. The Labute approximate surface area is 120 Å². The zero-order valence-electron chi connectivity index (χ0n) is 11.8. The third-order valence-corrected chi connectivity index (χ3v) is 4.34. The predicted octanol–water partition coefficient (Wildman–Crippen LogP) is 2.52. The van der Waals surface area contributed by atoms with Crippen molar-refractivity contribution in [1.29, 1.82) is 0 Å². The molecule has 1 heterocycles. The Bertz CT molecular complexity index is 594. The summed E-state index contributed by atoms with van der Waals surface area (Å²) in [5, 5.41) is 3.49. The molecule has 2 atom stereocenters. The average molecular weight is 267 g/mol. The van der Waals surface area contributed by atoms with Crippen LogP contribution in [0.3, 0.4) is 0 Å². The number of nitrogens with two attached hydrogens (primary N) is 1. The summed E-state index contributed by atoms with van der Waals surface area (Å²) >= 11 is 0. The molecular formula is C17H21N3. The first-order valence-electron chi connectivity index (χ1n) is 7.23. The number of hydrogen-bond donors (Lipinski definition) is 2. The largest absolute Gasteiger partial charge is 0.384 e. The van der Waals surface area contributed by atoms with Crippen LogP contribution >= 0.6 is 0 Å². The molecule has 1 aromatic heterocycles. The fourth-order valence-electron chi connectivity index (χ4n) is 3.33. The number of aryl methyl sites for hydroxylation is 1. The van der Waals surface area contributed by atoms with Crippen LogP contribution in [-0.2, 0) is 12.8 Å². The number of likely N-dealkylation sites (N-methyl/N-ethyl adjacent to an activating group) is 1. The van der Waals surface area contributed by atoms with Gasteiger partial charge in [0.25, 0.3) is 0 Å². The molecule has 3 N–H and O–H groups in total. The topological polar surface area (TPSA) is 50.9 Å². The molecule has 0 spiro atoms. The SMILES string of the molecule is CNC(Cc1ccnc(N)c1)C1CCc2ccccc21. The number of hydrogen-bond acceptors (Lipinski definition) is 3. The molecule has 3 rings (SSSR count).